The van der Waals surface area contributed by atoms with Gasteiger partial charge in [0.25, 0.3) is 0 Å². The van der Waals surface area contributed by atoms with Gasteiger partial charge in [0.05, 0.1) is 5.92 Å². The van der Waals surface area contributed by atoms with Crippen molar-refractivity contribution in [3.63, 3.8) is 0 Å². The van der Waals surface area contributed by atoms with Crippen LogP contribution in [0.5, 0.6) is 0 Å². The van der Waals surface area contributed by atoms with E-state index in [9.17, 15) is 9.59 Å². The van der Waals surface area contributed by atoms with E-state index >= 15 is 0 Å². The molecule has 1 atom stereocenters. The third-order valence-electron chi connectivity index (χ3n) is 3.31. The average molecular weight is 227 g/mol. The Kier molecular flexibility index (Phi) is 4.77. The molecule has 0 heterocycles. The van der Waals surface area contributed by atoms with Crippen LogP contribution in [0.1, 0.15) is 46.0 Å². The molecule has 0 bridgehead atoms. The molecule has 1 saturated carbocycles. The Morgan fingerprint density at radius 1 is 1.31 bits per heavy atom. The van der Waals surface area contributed by atoms with E-state index < -0.39 is 11.9 Å². The van der Waals surface area contributed by atoms with Crippen LogP contribution >= 0.6 is 0 Å². The highest BCUT2D eigenvalue weighted by Gasteiger charge is 2.26. The van der Waals surface area contributed by atoms with Gasteiger partial charge in [-0.15, -0.1) is 0 Å². The van der Waals surface area contributed by atoms with Crippen molar-refractivity contribution < 1.29 is 14.7 Å². The van der Waals surface area contributed by atoms with Crippen LogP contribution in [0.15, 0.2) is 0 Å². The predicted molar refractivity (Wildman–Crippen MR) is 61.1 cm³/mol. The molecule has 1 amide bonds. The number of amides is 1. The lowest BCUT2D eigenvalue weighted by Gasteiger charge is -2.34. The summed E-state index contributed by atoms with van der Waals surface area (Å²) in [6.07, 6.45) is 5.57. The van der Waals surface area contributed by atoms with E-state index in [1.165, 1.54) is 13.3 Å². The molecule has 1 N–H and O–H groups in total. The number of nitrogens with zero attached hydrogens (tertiary/aromatic N) is 1. The maximum atomic E-state index is 11.5. The summed E-state index contributed by atoms with van der Waals surface area (Å²) in [5.41, 5.74) is 0. The molecular weight excluding hydrogens is 206 g/mol. The van der Waals surface area contributed by atoms with Crippen molar-refractivity contribution >= 4 is 11.9 Å². The van der Waals surface area contributed by atoms with Crippen LogP contribution in [0, 0.1) is 5.92 Å². The second-order valence-electron chi connectivity index (χ2n) is 4.70. The summed E-state index contributed by atoms with van der Waals surface area (Å²) in [5, 5.41) is 8.87. The SMILES string of the molecule is CC(=O)N(CC(C)C(=O)O)C1CCCCC1. The lowest BCUT2D eigenvalue weighted by Crippen LogP contribution is -2.43. The van der Waals surface area contributed by atoms with Gasteiger partial charge in [-0.05, 0) is 12.8 Å². The van der Waals surface area contributed by atoms with E-state index in [1.807, 2.05) is 0 Å². The number of aliphatic carboxylic acids is 1. The Balaban J connectivity index is 2.59. The third kappa shape index (κ3) is 3.51. The van der Waals surface area contributed by atoms with Crippen LogP contribution in [0.2, 0.25) is 0 Å². The van der Waals surface area contributed by atoms with Crippen molar-refractivity contribution in [2.45, 2.75) is 52.0 Å². The van der Waals surface area contributed by atoms with Crippen molar-refractivity contribution in [1.29, 1.82) is 0 Å². The van der Waals surface area contributed by atoms with E-state index in [1.54, 1.807) is 11.8 Å². The topological polar surface area (TPSA) is 57.6 Å². The fourth-order valence-corrected chi connectivity index (χ4v) is 2.30. The van der Waals surface area contributed by atoms with Gasteiger partial charge in [0.1, 0.15) is 0 Å². The quantitative estimate of drug-likeness (QED) is 0.797. The highest BCUT2D eigenvalue weighted by molar-refractivity contribution is 5.75. The Morgan fingerprint density at radius 2 is 1.88 bits per heavy atom. The van der Waals surface area contributed by atoms with Crippen LogP contribution in [-0.4, -0.2) is 34.5 Å². The number of carbonyl (C=O) groups excluding carboxylic acids is 1. The van der Waals surface area contributed by atoms with E-state index in [0.29, 0.717) is 6.54 Å². The highest BCUT2D eigenvalue weighted by Crippen LogP contribution is 2.23. The second kappa shape index (κ2) is 5.87. The molecule has 16 heavy (non-hydrogen) atoms. The molecule has 4 heteroatoms. The predicted octanol–water partition coefficient (Wildman–Crippen LogP) is 1.89. The van der Waals surface area contributed by atoms with Crippen LogP contribution < -0.4 is 0 Å². The van der Waals surface area contributed by atoms with E-state index in [-0.39, 0.29) is 11.9 Å². The molecule has 0 radical (unpaired) electrons. The molecule has 1 unspecified atom stereocenters. The van der Waals surface area contributed by atoms with Crippen molar-refractivity contribution in [3.8, 4) is 0 Å². The first-order chi connectivity index (χ1) is 7.52. The molecule has 1 aliphatic carbocycles. The Hall–Kier alpha value is -1.06. The highest BCUT2D eigenvalue weighted by atomic mass is 16.4. The number of hydrogen-bond acceptors (Lipinski definition) is 2. The molecule has 0 aliphatic heterocycles. The molecule has 0 aromatic rings. The number of carboxylic acid groups (broad SMARTS) is 1. The summed E-state index contributed by atoms with van der Waals surface area (Å²) in [4.78, 5) is 24.1. The minimum atomic E-state index is -0.831. The Bertz CT molecular complexity index is 259. The van der Waals surface area contributed by atoms with E-state index in [4.69, 9.17) is 5.11 Å². The van der Waals surface area contributed by atoms with Gasteiger partial charge >= 0.3 is 5.97 Å². The van der Waals surface area contributed by atoms with Crippen molar-refractivity contribution in [1.82, 2.24) is 4.90 Å². The standard InChI is InChI=1S/C12H21NO3/c1-9(12(15)16)8-13(10(2)14)11-6-4-3-5-7-11/h9,11H,3-8H2,1-2H3,(H,15,16). The third-order valence-corrected chi connectivity index (χ3v) is 3.31. The monoisotopic (exact) mass is 227 g/mol. The maximum absolute atomic E-state index is 11.5. The van der Waals surface area contributed by atoms with Gasteiger partial charge in [-0.3, -0.25) is 9.59 Å². The molecule has 1 aliphatic rings. The van der Waals surface area contributed by atoms with Crippen molar-refractivity contribution in [2.24, 2.45) is 5.92 Å². The zero-order valence-corrected chi connectivity index (χ0v) is 10.1. The summed E-state index contributed by atoms with van der Waals surface area (Å²) < 4.78 is 0. The number of hydrogen-bond donors (Lipinski definition) is 1. The number of carboxylic acids is 1. The fraction of sp³-hybridized carbons (Fsp3) is 0.833. The van der Waals surface area contributed by atoms with Gasteiger partial charge in [-0.25, -0.2) is 0 Å². The average Bonchev–Trinajstić information content (AvgIpc) is 2.26. The molecule has 0 aromatic carbocycles. The fourth-order valence-electron chi connectivity index (χ4n) is 2.30. The molecule has 0 spiro atoms. The van der Waals surface area contributed by atoms with Gasteiger partial charge in [-0.2, -0.15) is 0 Å². The summed E-state index contributed by atoms with van der Waals surface area (Å²) in [7, 11) is 0. The summed E-state index contributed by atoms with van der Waals surface area (Å²) in [5.74, 6) is -1.31. The van der Waals surface area contributed by atoms with Gasteiger partial charge < -0.3 is 10.0 Å². The lowest BCUT2D eigenvalue weighted by atomic mass is 9.93. The van der Waals surface area contributed by atoms with Crippen LogP contribution in [0.4, 0.5) is 0 Å². The van der Waals surface area contributed by atoms with Gasteiger partial charge in [-0.1, -0.05) is 26.2 Å². The van der Waals surface area contributed by atoms with Crippen molar-refractivity contribution in [3.05, 3.63) is 0 Å². The maximum Gasteiger partial charge on any atom is 0.308 e. The number of rotatable bonds is 4. The summed E-state index contributed by atoms with van der Waals surface area (Å²) in [6.45, 7) is 3.53. The Morgan fingerprint density at radius 3 is 2.31 bits per heavy atom. The number of carbonyl (C=O) groups is 2. The first-order valence-corrected chi connectivity index (χ1v) is 6.02. The van der Waals surface area contributed by atoms with Gasteiger partial charge in [0.2, 0.25) is 5.91 Å². The van der Waals surface area contributed by atoms with Crippen LogP contribution in [0.25, 0.3) is 0 Å². The van der Waals surface area contributed by atoms with Crippen molar-refractivity contribution in [2.75, 3.05) is 6.54 Å². The molecule has 0 aromatic heterocycles. The van der Waals surface area contributed by atoms with E-state index in [2.05, 4.69) is 0 Å². The van der Waals surface area contributed by atoms with Gasteiger partial charge in [0, 0.05) is 19.5 Å². The minimum Gasteiger partial charge on any atom is -0.481 e. The van der Waals surface area contributed by atoms with E-state index in [0.717, 1.165) is 25.7 Å². The molecule has 0 saturated heterocycles. The lowest BCUT2D eigenvalue weighted by molar-refractivity contribution is -0.143. The molecule has 4 nitrogen and oxygen atoms in total. The van der Waals surface area contributed by atoms with Crippen LogP contribution in [-0.2, 0) is 9.59 Å². The summed E-state index contributed by atoms with van der Waals surface area (Å²) in [6, 6.07) is 0.257. The Labute approximate surface area is 96.6 Å². The minimum absolute atomic E-state index is 0. The van der Waals surface area contributed by atoms with Crippen LogP contribution in [0.3, 0.4) is 0 Å². The first-order valence-electron chi connectivity index (χ1n) is 6.02. The largest absolute Gasteiger partial charge is 0.481 e. The molecular formula is C12H21NO3. The summed E-state index contributed by atoms with van der Waals surface area (Å²) >= 11 is 0. The smallest absolute Gasteiger partial charge is 0.308 e. The molecule has 92 valence electrons. The zero-order chi connectivity index (χ0) is 12.1. The second-order valence-corrected chi connectivity index (χ2v) is 4.70. The molecule has 1 rings (SSSR count). The zero-order valence-electron chi connectivity index (χ0n) is 10.1. The normalized spacial score (nSPS) is 19.1. The molecule has 1 fully saturated rings. The first kappa shape index (κ1) is 13.0. The van der Waals surface area contributed by atoms with Gasteiger partial charge in [0.15, 0.2) is 0 Å².